The molecular weight excluding hydrogens is 196 g/mol. The minimum atomic E-state index is 0.345. The fourth-order valence-corrected chi connectivity index (χ4v) is 2.10. The van der Waals surface area contributed by atoms with Crippen molar-refractivity contribution in [2.75, 3.05) is 19.0 Å². The van der Waals surface area contributed by atoms with Crippen molar-refractivity contribution in [2.24, 2.45) is 11.7 Å². The fourth-order valence-electron chi connectivity index (χ4n) is 2.10. The van der Waals surface area contributed by atoms with Crippen LogP contribution in [0.2, 0.25) is 0 Å². The van der Waals surface area contributed by atoms with Gasteiger partial charge in [-0.05, 0) is 36.5 Å². The monoisotopic (exact) mass is 218 g/mol. The van der Waals surface area contributed by atoms with Crippen LogP contribution in [-0.4, -0.2) is 20.1 Å². The summed E-state index contributed by atoms with van der Waals surface area (Å²) >= 11 is 0. The van der Waals surface area contributed by atoms with E-state index in [1.807, 2.05) is 0 Å². The molecular formula is C14H22N2. The Morgan fingerprint density at radius 1 is 1.25 bits per heavy atom. The van der Waals surface area contributed by atoms with Crippen LogP contribution in [0.4, 0.5) is 5.69 Å². The zero-order valence-corrected chi connectivity index (χ0v) is 10.3. The molecule has 1 atom stereocenters. The summed E-state index contributed by atoms with van der Waals surface area (Å²) in [6, 6.07) is 9.07. The van der Waals surface area contributed by atoms with Crippen LogP contribution < -0.4 is 10.6 Å². The Kier molecular flexibility index (Phi) is 3.49. The minimum Gasteiger partial charge on any atom is -0.378 e. The maximum atomic E-state index is 6.13. The lowest BCUT2D eigenvalue weighted by Crippen LogP contribution is -2.23. The Bertz CT molecular complexity index is 325. The zero-order chi connectivity index (χ0) is 11.5. The molecule has 1 fully saturated rings. The van der Waals surface area contributed by atoms with Gasteiger partial charge in [0, 0.05) is 25.8 Å². The van der Waals surface area contributed by atoms with Crippen molar-refractivity contribution in [3.05, 3.63) is 29.8 Å². The number of hydrogen-bond acceptors (Lipinski definition) is 2. The first-order valence-corrected chi connectivity index (χ1v) is 6.17. The fraction of sp³-hybridized carbons (Fsp3) is 0.571. The Morgan fingerprint density at radius 2 is 1.88 bits per heavy atom. The largest absolute Gasteiger partial charge is 0.378 e. The van der Waals surface area contributed by atoms with Gasteiger partial charge in [-0.1, -0.05) is 25.0 Å². The molecule has 1 aromatic carbocycles. The molecule has 0 amide bonds. The molecule has 0 bridgehead atoms. The molecule has 0 aliphatic heterocycles. The van der Waals surface area contributed by atoms with Crippen molar-refractivity contribution < 1.29 is 0 Å². The van der Waals surface area contributed by atoms with Crippen LogP contribution in [0.25, 0.3) is 0 Å². The van der Waals surface area contributed by atoms with E-state index in [1.165, 1.54) is 30.5 Å². The molecule has 1 aromatic rings. The Hall–Kier alpha value is -1.02. The van der Waals surface area contributed by atoms with Crippen LogP contribution in [0.5, 0.6) is 0 Å². The molecule has 0 radical (unpaired) electrons. The lowest BCUT2D eigenvalue weighted by atomic mass is 10.0. The third-order valence-electron chi connectivity index (χ3n) is 3.28. The minimum absolute atomic E-state index is 0.345. The summed E-state index contributed by atoms with van der Waals surface area (Å²) in [6.07, 6.45) is 5.01. The van der Waals surface area contributed by atoms with E-state index in [0.717, 1.165) is 12.3 Å². The predicted octanol–water partition coefficient (Wildman–Crippen LogP) is 2.42. The molecule has 2 heteroatoms. The van der Waals surface area contributed by atoms with E-state index in [4.69, 9.17) is 5.73 Å². The topological polar surface area (TPSA) is 29.3 Å². The SMILES string of the molecule is CN(C)c1ccc(CC(N)CC2CC2)cc1. The van der Waals surface area contributed by atoms with Crippen molar-refractivity contribution in [1.29, 1.82) is 0 Å². The molecule has 1 saturated carbocycles. The van der Waals surface area contributed by atoms with E-state index < -0.39 is 0 Å². The van der Waals surface area contributed by atoms with Gasteiger partial charge in [-0.25, -0.2) is 0 Å². The highest BCUT2D eigenvalue weighted by Crippen LogP contribution is 2.33. The van der Waals surface area contributed by atoms with Crippen LogP contribution >= 0.6 is 0 Å². The summed E-state index contributed by atoms with van der Waals surface area (Å²) in [5.41, 5.74) is 8.74. The molecule has 88 valence electrons. The number of hydrogen-bond donors (Lipinski definition) is 1. The molecule has 1 aliphatic carbocycles. The van der Waals surface area contributed by atoms with Crippen LogP contribution in [0, 0.1) is 5.92 Å². The summed E-state index contributed by atoms with van der Waals surface area (Å²) in [6.45, 7) is 0. The van der Waals surface area contributed by atoms with Gasteiger partial charge in [0.1, 0.15) is 0 Å². The van der Waals surface area contributed by atoms with E-state index >= 15 is 0 Å². The van der Waals surface area contributed by atoms with E-state index in [-0.39, 0.29) is 0 Å². The highest BCUT2D eigenvalue weighted by molar-refractivity contribution is 5.46. The van der Waals surface area contributed by atoms with Crippen molar-refractivity contribution >= 4 is 5.69 Å². The highest BCUT2D eigenvalue weighted by atomic mass is 15.1. The molecule has 2 rings (SSSR count). The van der Waals surface area contributed by atoms with Gasteiger partial charge in [-0.2, -0.15) is 0 Å². The predicted molar refractivity (Wildman–Crippen MR) is 69.8 cm³/mol. The summed E-state index contributed by atoms with van der Waals surface area (Å²) in [4.78, 5) is 2.12. The van der Waals surface area contributed by atoms with E-state index in [0.29, 0.717) is 6.04 Å². The van der Waals surface area contributed by atoms with E-state index in [1.54, 1.807) is 0 Å². The average molecular weight is 218 g/mol. The first kappa shape index (κ1) is 11.5. The normalized spacial score (nSPS) is 17.2. The maximum Gasteiger partial charge on any atom is 0.0361 e. The van der Waals surface area contributed by atoms with Crippen molar-refractivity contribution in [1.82, 2.24) is 0 Å². The molecule has 1 aliphatic rings. The number of anilines is 1. The van der Waals surface area contributed by atoms with Crippen molar-refractivity contribution in [3.8, 4) is 0 Å². The second-order valence-corrected chi connectivity index (χ2v) is 5.20. The van der Waals surface area contributed by atoms with Gasteiger partial charge in [0.05, 0.1) is 0 Å². The summed E-state index contributed by atoms with van der Waals surface area (Å²) < 4.78 is 0. The van der Waals surface area contributed by atoms with Gasteiger partial charge in [0.15, 0.2) is 0 Å². The number of benzene rings is 1. The summed E-state index contributed by atoms with van der Waals surface area (Å²) in [7, 11) is 4.13. The van der Waals surface area contributed by atoms with Gasteiger partial charge in [0.2, 0.25) is 0 Å². The summed E-state index contributed by atoms with van der Waals surface area (Å²) in [5, 5.41) is 0. The number of nitrogens with two attached hydrogens (primary N) is 1. The smallest absolute Gasteiger partial charge is 0.0361 e. The standard InChI is InChI=1S/C14H22N2/c1-16(2)14-7-5-12(6-8-14)10-13(15)9-11-3-4-11/h5-8,11,13H,3-4,9-10,15H2,1-2H3. The van der Waals surface area contributed by atoms with Crippen LogP contribution in [0.3, 0.4) is 0 Å². The molecule has 16 heavy (non-hydrogen) atoms. The van der Waals surface area contributed by atoms with Gasteiger partial charge >= 0.3 is 0 Å². The Morgan fingerprint density at radius 3 is 2.38 bits per heavy atom. The third-order valence-corrected chi connectivity index (χ3v) is 3.28. The molecule has 0 aromatic heterocycles. The van der Waals surface area contributed by atoms with Crippen LogP contribution in [0.1, 0.15) is 24.8 Å². The molecule has 0 heterocycles. The van der Waals surface area contributed by atoms with Crippen molar-refractivity contribution in [3.63, 3.8) is 0 Å². The lowest BCUT2D eigenvalue weighted by molar-refractivity contribution is 0.566. The van der Waals surface area contributed by atoms with Gasteiger partial charge < -0.3 is 10.6 Å². The highest BCUT2D eigenvalue weighted by Gasteiger charge is 2.23. The Labute approximate surface area is 98.4 Å². The molecule has 0 spiro atoms. The third kappa shape index (κ3) is 3.24. The number of nitrogens with zero attached hydrogens (tertiary/aromatic N) is 1. The Balaban J connectivity index is 1.88. The first-order chi connectivity index (χ1) is 7.65. The molecule has 2 N–H and O–H groups in total. The second-order valence-electron chi connectivity index (χ2n) is 5.20. The lowest BCUT2D eigenvalue weighted by Gasteiger charge is -2.14. The number of rotatable bonds is 5. The van der Waals surface area contributed by atoms with Gasteiger partial charge in [-0.15, -0.1) is 0 Å². The quantitative estimate of drug-likeness (QED) is 0.822. The van der Waals surface area contributed by atoms with Gasteiger partial charge in [0.25, 0.3) is 0 Å². The average Bonchev–Trinajstić information content (AvgIpc) is 3.02. The van der Waals surface area contributed by atoms with Gasteiger partial charge in [-0.3, -0.25) is 0 Å². The molecule has 2 nitrogen and oxygen atoms in total. The van der Waals surface area contributed by atoms with E-state index in [9.17, 15) is 0 Å². The van der Waals surface area contributed by atoms with Crippen LogP contribution in [0.15, 0.2) is 24.3 Å². The molecule has 1 unspecified atom stereocenters. The first-order valence-electron chi connectivity index (χ1n) is 6.17. The summed E-state index contributed by atoms with van der Waals surface area (Å²) in [5.74, 6) is 0.927. The molecule has 0 saturated heterocycles. The maximum absolute atomic E-state index is 6.13. The van der Waals surface area contributed by atoms with Crippen LogP contribution in [-0.2, 0) is 6.42 Å². The zero-order valence-electron chi connectivity index (χ0n) is 10.3. The van der Waals surface area contributed by atoms with E-state index in [2.05, 4.69) is 43.3 Å². The second kappa shape index (κ2) is 4.88. The van der Waals surface area contributed by atoms with Crippen molar-refractivity contribution in [2.45, 2.75) is 31.7 Å².